The van der Waals surface area contributed by atoms with Crippen LogP contribution in [0.4, 0.5) is 5.69 Å². The molecule has 0 saturated carbocycles. The van der Waals surface area contributed by atoms with E-state index in [1.165, 1.54) is 0 Å². The lowest BCUT2D eigenvalue weighted by atomic mass is 10.3. The van der Waals surface area contributed by atoms with Gasteiger partial charge in [0.2, 0.25) is 0 Å². The second kappa shape index (κ2) is 3.06. The molecule has 0 aliphatic heterocycles. The molecule has 0 aliphatic carbocycles. The number of fused-ring (bicyclic) bond motifs is 1. The molecule has 0 spiro atoms. The first-order valence-corrected chi connectivity index (χ1v) is 5.30. The number of H-pyrrole nitrogens is 1. The van der Waals surface area contributed by atoms with Crippen LogP contribution in [0.15, 0.2) is 30.6 Å². The molecule has 2 heterocycles. The molecule has 0 saturated heterocycles. The number of benzene rings is 1. The number of rotatable bonds is 1. The number of aromatic nitrogens is 3. The summed E-state index contributed by atoms with van der Waals surface area (Å²) in [5.74, 6) is 0. The maximum atomic E-state index is 5.71. The number of hydrogen-bond donors (Lipinski definition) is 2. The Bertz CT molecular complexity index is 597. The van der Waals surface area contributed by atoms with Crippen molar-refractivity contribution >= 4 is 27.2 Å². The summed E-state index contributed by atoms with van der Waals surface area (Å²) in [6.07, 6.45) is 3.60. The summed E-state index contributed by atoms with van der Waals surface area (Å²) >= 11 is 1.62. The summed E-state index contributed by atoms with van der Waals surface area (Å²) in [4.78, 5) is 4.50. The van der Waals surface area contributed by atoms with Crippen LogP contribution in [0.25, 0.3) is 20.8 Å². The van der Waals surface area contributed by atoms with Crippen molar-refractivity contribution in [3.63, 3.8) is 0 Å². The summed E-state index contributed by atoms with van der Waals surface area (Å²) < 4.78 is 1.10. The van der Waals surface area contributed by atoms with Gasteiger partial charge in [-0.25, -0.2) is 4.98 Å². The van der Waals surface area contributed by atoms with Crippen LogP contribution < -0.4 is 5.73 Å². The minimum Gasteiger partial charge on any atom is -0.399 e. The van der Waals surface area contributed by atoms with Crippen molar-refractivity contribution in [3.8, 4) is 10.6 Å². The Morgan fingerprint density at radius 1 is 1.33 bits per heavy atom. The maximum absolute atomic E-state index is 5.71. The molecule has 5 heteroatoms. The van der Waals surface area contributed by atoms with Crippen LogP contribution in [0.2, 0.25) is 0 Å². The molecule has 2 aromatic heterocycles. The van der Waals surface area contributed by atoms with Crippen LogP contribution in [-0.4, -0.2) is 15.2 Å². The van der Waals surface area contributed by atoms with E-state index >= 15 is 0 Å². The monoisotopic (exact) mass is 216 g/mol. The fourth-order valence-corrected chi connectivity index (χ4v) is 2.43. The maximum Gasteiger partial charge on any atom is 0.127 e. The number of hydrogen-bond acceptors (Lipinski definition) is 4. The van der Waals surface area contributed by atoms with Gasteiger partial charge >= 0.3 is 0 Å². The van der Waals surface area contributed by atoms with E-state index in [9.17, 15) is 0 Å². The Kier molecular flexibility index (Phi) is 1.72. The third-order valence-electron chi connectivity index (χ3n) is 2.16. The topological polar surface area (TPSA) is 67.6 Å². The highest BCUT2D eigenvalue weighted by Gasteiger charge is 2.06. The zero-order valence-corrected chi connectivity index (χ0v) is 8.58. The zero-order valence-electron chi connectivity index (χ0n) is 7.77. The van der Waals surface area contributed by atoms with Gasteiger partial charge in [-0.05, 0) is 18.2 Å². The minimum absolute atomic E-state index is 0.768. The molecule has 1 aromatic carbocycles. The SMILES string of the molecule is Nc1ccc2nc(-c3cn[nH]c3)sc2c1. The number of nitrogens with two attached hydrogens (primary N) is 1. The molecule has 0 radical (unpaired) electrons. The van der Waals surface area contributed by atoms with Gasteiger partial charge in [-0.3, -0.25) is 5.10 Å². The molecule has 0 unspecified atom stereocenters. The third-order valence-corrected chi connectivity index (χ3v) is 3.22. The first-order valence-electron chi connectivity index (χ1n) is 4.48. The molecule has 4 nitrogen and oxygen atoms in total. The molecule has 0 bridgehead atoms. The van der Waals surface area contributed by atoms with E-state index in [1.54, 1.807) is 17.5 Å². The van der Waals surface area contributed by atoms with Crippen LogP contribution in [-0.2, 0) is 0 Å². The summed E-state index contributed by atoms with van der Waals surface area (Å²) in [5, 5.41) is 7.64. The molecular formula is C10H8N4S. The minimum atomic E-state index is 0.768. The average Bonchev–Trinajstić information content (AvgIpc) is 2.84. The van der Waals surface area contributed by atoms with Crippen LogP contribution in [0, 0.1) is 0 Å². The largest absolute Gasteiger partial charge is 0.399 e. The van der Waals surface area contributed by atoms with Crippen molar-refractivity contribution < 1.29 is 0 Å². The van der Waals surface area contributed by atoms with E-state index in [0.29, 0.717) is 0 Å². The second-order valence-electron chi connectivity index (χ2n) is 3.23. The van der Waals surface area contributed by atoms with Gasteiger partial charge < -0.3 is 5.73 Å². The van der Waals surface area contributed by atoms with Gasteiger partial charge in [-0.1, -0.05) is 0 Å². The highest BCUT2D eigenvalue weighted by molar-refractivity contribution is 7.21. The summed E-state index contributed by atoms with van der Waals surface area (Å²) in [5.41, 5.74) is 8.47. The normalized spacial score (nSPS) is 10.9. The van der Waals surface area contributed by atoms with Crippen LogP contribution in [0.3, 0.4) is 0 Å². The average molecular weight is 216 g/mol. The molecule has 0 aliphatic rings. The predicted molar refractivity (Wildman–Crippen MR) is 61.6 cm³/mol. The van der Waals surface area contributed by atoms with Gasteiger partial charge in [0.1, 0.15) is 5.01 Å². The molecule has 3 aromatic rings. The Balaban J connectivity index is 2.22. The molecule has 0 atom stereocenters. The fourth-order valence-electron chi connectivity index (χ4n) is 1.43. The van der Waals surface area contributed by atoms with Gasteiger partial charge in [0.05, 0.1) is 16.4 Å². The molecule has 0 fully saturated rings. The van der Waals surface area contributed by atoms with Crippen molar-refractivity contribution in [1.29, 1.82) is 0 Å². The zero-order chi connectivity index (χ0) is 10.3. The third kappa shape index (κ3) is 1.37. The standard InChI is InChI=1S/C10H8N4S/c11-7-1-2-8-9(3-7)15-10(14-8)6-4-12-13-5-6/h1-5H,11H2,(H,12,13). The Hall–Kier alpha value is -1.88. The van der Waals surface area contributed by atoms with Gasteiger partial charge in [0, 0.05) is 17.4 Å². The number of anilines is 1. The lowest BCUT2D eigenvalue weighted by molar-refractivity contribution is 1.09. The van der Waals surface area contributed by atoms with Gasteiger partial charge in [0.25, 0.3) is 0 Å². The summed E-state index contributed by atoms with van der Waals surface area (Å²) in [6, 6.07) is 5.74. The molecule has 3 rings (SSSR count). The Labute approximate surface area is 89.8 Å². The molecule has 74 valence electrons. The van der Waals surface area contributed by atoms with Gasteiger partial charge in [-0.15, -0.1) is 11.3 Å². The predicted octanol–water partition coefficient (Wildman–Crippen LogP) is 2.27. The number of nitrogens with one attached hydrogen (secondary N) is 1. The first kappa shape index (κ1) is 8.43. The molecule has 0 amide bonds. The van der Waals surface area contributed by atoms with E-state index < -0.39 is 0 Å². The smallest absolute Gasteiger partial charge is 0.127 e. The summed E-state index contributed by atoms with van der Waals surface area (Å²) in [7, 11) is 0. The van der Waals surface area contributed by atoms with Crippen LogP contribution >= 0.6 is 11.3 Å². The van der Waals surface area contributed by atoms with E-state index in [1.807, 2.05) is 24.4 Å². The van der Waals surface area contributed by atoms with E-state index in [4.69, 9.17) is 5.73 Å². The number of nitrogen functional groups attached to an aromatic ring is 1. The fraction of sp³-hybridized carbons (Fsp3) is 0. The highest BCUT2D eigenvalue weighted by atomic mass is 32.1. The van der Waals surface area contributed by atoms with E-state index in [-0.39, 0.29) is 0 Å². The lowest BCUT2D eigenvalue weighted by Gasteiger charge is -1.89. The number of nitrogens with zero attached hydrogens (tertiary/aromatic N) is 2. The summed E-state index contributed by atoms with van der Waals surface area (Å²) in [6.45, 7) is 0. The highest BCUT2D eigenvalue weighted by Crippen LogP contribution is 2.30. The molecular weight excluding hydrogens is 208 g/mol. The molecule has 15 heavy (non-hydrogen) atoms. The Morgan fingerprint density at radius 2 is 2.27 bits per heavy atom. The van der Waals surface area contributed by atoms with Gasteiger partial charge in [-0.2, -0.15) is 5.10 Å². The van der Waals surface area contributed by atoms with Crippen molar-refractivity contribution in [3.05, 3.63) is 30.6 Å². The second-order valence-corrected chi connectivity index (χ2v) is 4.26. The van der Waals surface area contributed by atoms with Crippen molar-refractivity contribution in [2.75, 3.05) is 5.73 Å². The van der Waals surface area contributed by atoms with Crippen LogP contribution in [0.5, 0.6) is 0 Å². The van der Waals surface area contributed by atoms with E-state index in [0.717, 1.165) is 26.5 Å². The van der Waals surface area contributed by atoms with Crippen molar-refractivity contribution in [2.45, 2.75) is 0 Å². The number of thiazole rings is 1. The van der Waals surface area contributed by atoms with Gasteiger partial charge in [0.15, 0.2) is 0 Å². The molecule has 3 N–H and O–H groups in total. The Morgan fingerprint density at radius 3 is 3.07 bits per heavy atom. The van der Waals surface area contributed by atoms with Crippen molar-refractivity contribution in [2.24, 2.45) is 0 Å². The first-order chi connectivity index (χ1) is 7.33. The van der Waals surface area contributed by atoms with Crippen LogP contribution in [0.1, 0.15) is 0 Å². The number of aromatic amines is 1. The van der Waals surface area contributed by atoms with E-state index in [2.05, 4.69) is 15.2 Å². The van der Waals surface area contributed by atoms with Crippen molar-refractivity contribution in [1.82, 2.24) is 15.2 Å². The quantitative estimate of drug-likeness (QED) is 0.613. The lowest BCUT2D eigenvalue weighted by Crippen LogP contribution is -1.81.